The van der Waals surface area contributed by atoms with Crippen molar-refractivity contribution < 1.29 is 4.79 Å². The van der Waals surface area contributed by atoms with Crippen LogP contribution in [0.25, 0.3) is 0 Å². The lowest BCUT2D eigenvalue weighted by Crippen LogP contribution is -2.44. The Morgan fingerprint density at radius 2 is 2.08 bits per heavy atom. The van der Waals surface area contributed by atoms with E-state index in [-0.39, 0.29) is 18.0 Å². The molecule has 1 aliphatic carbocycles. The molecule has 2 heterocycles. The summed E-state index contributed by atoms with van der Waals surface area (Å²) in [4.78, 5) is 14.6. The standard InChI is InChI=1S/C18H28N6O/c1-12(2)24-8-6-7-15(24)18(25)19-14-9-13(10-14)17-21-20-16(23(17)5)11-22(3)4/h6-8,12-14H,9-11H2,1-5H3,(H,19,25). The van der Waals surface area contributed by atoms with E-state index in [0.29, 0.717) is 5.92 Å². The quantitative estimate of drug-likeness (QED) is 0.869. The van der Waals surface area contributed by atoms with Crippen LogP contribution >= 0.6 is 0 Å². The van der Waals surface area contributed by atoms with Crippen molar-refractivity contribution in [2.24, 2.45) is 7.05 Å². The van der Waals surface area contributed by atoms with E-state index in [4.69, 9.17) is 0 Å². The molecule has 0 spiro atoms. The van der Waals surface area contributed by atoms with Crippen molar-refractivity contribution in [3.05, 3.63) is 35.7 Å². The highest BCUT2D eigenvalue weighted by Crippen LogP contribution is 2.36. The van der Waals surface area contributed by atoms with Crippen molar-refractivity contribution in [1.29, 1.82) is 0 Å². The second-order valence-electron chi connectivity index (χ2n) is 7.50. The predicted molar refractivity (Wildman–Crippen MR) is 96.4 cm³/mol. The Balaban J connectivity index is 1.57. The van der Waals surface area contributed by atoms with E-state index >= 15 is 0 Å². The van der Waals surface area contributed by atoms with Crippen LogP contribution in [-0.2, 0) is 13.6 Å². The number of hydrogen-bond acceptors (Lipinski definition) is 4. The zero-order valence-corrected chi connectivity index (χ0v) is 15.7. The molecule has 0 bridgehead atoms. The third kappa shape index (κ3) is 3.61. The fourth-order valence-electron chi connectivity index (χ4n) is 3.39. The third-order valence-corrected chi connectivity index (χ3v) is 4.86. The summed E-state index contributed by atoms with van der Waals surface area (Å²) in [6, 6.07) is 4.28. The third-order valence-electron chi connectivity index (χ3n) is 4.86. The van der Waals surface area contributed by atoms with Gasteiger partial charge in [0, 0.05) is 31.2 Å². The number of rotatable bonds is 6. The molecule has 1 fully saturated rings. The Morgan fingerprint density at radius 3 is 2.72 bits per heavy atom. The van der Waals surface area contributed by atoms with Crippen LogP contribution < -0.4 is 5.32 Å². The fourth-order valence-corrected chi connectivity index (χ4v) is 3.39. The number of nitrogens with one attached hydrogen (secondary N) is 1. The Labute approximate surface area is 149 Å². The first-order valence-corrected chi connectivity index (χ1v) is 8.87. The van der Waals surface area contributed by atoms with Gasteiger partial charge in [-0.05, 0) is 52.9 Å². The molecule has 0 unspecified atom stereocenters. The first kappa shape index (κ1) is 17.7. The lowest BCUT2D eigenvalue weighted by molar-refractivity contribution is 0.0896. The van der Waals surface area contributed by atoms with Gasteiger partial charge in [0.2, 0.25) is 0 Å². The van der Waals surface area contributed by atoms with Gasteiger partial charge in [0.1, 0.15) is 17.3 Å². The van der Waals surface area contributed by atoms with Gasteiger partial charge in [0.05, 0.1) is 6.54 Å². The number of nitrogens with zero attached hydrogens (tertiary/aromatic N) is 5. The van der Waals surface area contributed by atoms with Crippen molar-refractivity contribution in [1.82, 2.24) is 29.5 Å². The molecule has 0 aromatic carbocycles. The highest BCUT2D eigenvalue weighted by Gasteiger charge is 2.35. The van der Waals surface area contributed by atoms with Crippen molar-refractivity contribution in [3.8, 4) is 0 Å². The van der Waals surface area contributed by atoms with Crippen LogP contribution in [0, 0.1) is 0 Å². The van der Waals surface area contributed by atoms with E-state index in [1.807, 2.05) is 44.0 Å². The zero-order chi connectivity index (χ0) is 18.1. The number of carbonyl (C=O) groups is 1. The highest BCUT2D eigenvalue weighted by atomic mass is 16.2. The monoisotopic (exact) mass is 344 g/mol. The normalized spacial score (nSPS) is 20.1. The van der Waals surface area contributed by atoms with Crippen LogP contribution in [-0.4, -0.2) is 50.3 Å². The number of aromatic nitrogens is 4. The smallest absolute Gasteiger partial charge is 0.268 e. The summed E-state index contributed by atoms with van der Waals surface area (Å²) < 4.78 is 4.09. The summed E-state index contributed by atoms with van der Waals surface area (Å²) in [5.41, 5.74) is 0.727. The van der Waals surface area contributed by atoms with E-state index in [2.05, 4.69) is 38.8 Å². The molecule has 3 rings (SSSR count). The maximum atomic E-state index is 12.5. The second kappa shape index (κ2) is 7.00. The Bertz CT molecular complexity index is 739. The highest BCUT2D eigenvalue weighted by molar-refractivity contribution is 5.93. The van der Waals surface area contributed by atoms with Crippen LogP contribution in [0.3, 0.4) is 0 Å². The summed E-state index contributed by atoms with van der Waals surface area (Å²) in [5.74, 6) is 2.37. The van der Waals surface area contributed by atoms with Gasteiger partial charge < -0.3 is 19.4 Å². The average molecular weight is 344 g/mol. The summed E-state index contributed by atoms with van der Waals surface area (Å²) in [6.07, 6.45) is 3.79. The van der Waals surface area contributed by atoms with Crippen LogP contribution in [0.2, 0.25) is 0 Å². The lowest BCUT2D eigenvalue weighted by Gasteiger charge is -2.35. The average Bonchev–Trinajstić information content (AvgIpc) is 3.11. The number of amides is 1. The molecule has 0 atom stereocenters. The molecule has 7 nitrogen and oxygen atoms in total. The summed E-state index contributed by atoms with van der Waals surface area (Å²) >= 11 is 0. The minimum absolute atomic E-state index is 0.00779. The van der Waals surface area contributed by atoms with Crippen LogP contribution in [0.1, 0.15) is 60.8 Å². The van der Waals surface area contributed by atoms with E-state index in [0.717, 1.165) is 36.7 Å². The molecule has 2 aromatic heterocycles. The molecule has 7 heteroatoms. The zero-order valence-electron chi connectivity index (χ0n) is 15.7. The van der Waals surface area contributed by atoms with Gasteiger partial charge in [0.15, 0.2) is 0 Å². The molecule has 1 N–H and O–H groups in total. The molecule has 0 aliphatic heterocycles. The summed E-state index contributed by atoms with van der Waals surface area (Å²) in [5, 5.41) is 11.8. The maximum Gasteiger partial charge on any atom is 0.268 e. The molecule has 0 saturated heterocycles. The fraction of sp³-hybridized carbons (Fsp3) is 0.611. The van der Waals surface area contributed by atoms with Gasteiger partial charge in [0.25, 0.3) is 5.91 Å². The van der Waals surface area contributed by atoms with Gasteiger partial charge in [-0.1, -0.05) is 0 Å². The second-order valence-corrected chi connectivity index (χ2v) is 7.50. The molecule has 1 saturated carbocycles. The van der Waals surface area contributed by atoms with Gasteiger partial charge >= 0.3 is 0 Å². The minimum atomic E-state index is 0.00779. The van der Waals surface area contributed by atoms with Crippen LogP contribution in [0.15, 0.2) is 18.3 Å². The molecule has 25 heavy (non-hydrogen) atoms. The molecular formula is C18H28N6O. The van der Waals surface area contributed by atoms with Crippen LogP contribution in [0.5, 0.6) is 0 Å². The van der Waals surface area contributed by atoms with Crippen molar-refractivity contribution in [2.75, 3.05) is 14.1 Å². The number of carbonyl (C=O) groups excluding carboxylic acids is 1. The van der Waals surface area contributed by atoms with E-state index < -0.39 is 0 Å². The van der Waals surface area contributed by atoms with Crippen LogP contribution in [0.4, 0.5) is 0 Å². The van der Waals surface area contributed by atoms with Gasteiger partial charge in [-0.15, -0.1) is 10.2 Å². The largest absolute Gasteiger partial charge is 0.348 e. The maximum absolute atomic E-state index is 12.5. The van der Waals surface area contributed by atoms with Gasteiger partial charge in [-0.3, -0.25) is 4.79 Å². The van der Waals surface area contributed by atoms with E-state index in [1.165, 1.54) is 0 Å². The Morgan fingerprint density at radius 1 is 1.36 bits per heavy atom. The topological polar surface area (TPSA) is 68.0 Å². The minimum Gasteiger partial charge on any atom is -0.348 e. The predicted octanol–water partition coefficient (Wildman–Crippen LogP) is 1.94. The first-order chi connectivity index (χ1) is 11.9. The summed E-state index contributed by atoms with van der Waals surface area (Å²) in [6.45, 7) is 4.94. The van der Waals surface area contributed by atoms with E-state index in [9.17, 15) is 4.79 Å². The molecule has 1 aliphatic rings. The molecule has 136 valence electrons. The molecular weight excluding hydrogens is 316 g/mol. The Hall–Kier alpha value is -2.15. The SMILES string of the molecule is CC(C)n1cccc1C(=O)NC1CC(c2nnc(CN(C)C)n2C)C1. The van der Waals surface area contributed by atoms with Crippen molar-refractivity contribution in [2.45, 2.75) is 51.2 Å². The van der Waals surface area contributed by atoms with Crippen molar-refractivity contribution in [3.63, 3.8) is 0 Å². The molecule has 0 radical (unpaired) electrons. The first-order valence-electron chi connectivity index (χ1n) is 8.87. The lowest BCUT2D eigenvalue weighted by atomic mass is 9.79. The van der Waals surface area contributed by atoms with Crippen molar-refractivity contribution >= 4 is 5.91 Å². The Kier molecular flexibility index (Phi) is 4.94. The van der Waals surface area contributed by atoms with Gasteiger partial charge in [-0.2, -0.15) is 0 Å². The van der Waals surface area contributed by atoms with E-state index in [1.54, 1.807) is 0 Å². The summed E-state index contributed by atoms with van der Waals surface area (Å²) in [7, 11) is 6.07. The van der Waals surface area contributed by atoms with Gasteiger partial charge in [-0.25, -0.2) is 0 Å². The molecule has 2 aromatic rings. The molecule has 1 amide bonds. The number of hydrogen-bond donors (Lipinski definition) is 1.